The molecule has 9 rings (SSSR count). The Balaban J connectivity index is 1.01. The number of rotatable bonds is 10. The smallest absolute Gasteiger partial charge is 0.407 e. The lowest BCUT2D eigenvalue weighted by Gasteiger charge is -2.29. The van der Waals surface area contributed by atoms with E-state index in [4.69, 9.17) is 19.4 Å². The Labute approximate surface area is 361 Å². The number of nitrogens with zero attached hydrogens (tertiary/aromatic N) is 5. The number of alkyl carbamates (subject to hydrolysis) is 2. The first-order valence-corrected chi connectivity index (χ1v) is 22.1. The Morgan fingerprint density at radius 2 is 1.05 bits per heavy atom. The van der Waals surface area contributed by atoms with Crippen LogP contribution in [0.15, 0.2) is 48.5 Å². The van der Waals surface area contributed by atoms with Crippen LogP contribution < -0.4 is 10.6 Å². The predicted molar refractivity (Wildman–Crippen MR) is 235 cm³/mol. The van der Waals surface area contributed by atoms with Gasteiger partial charge in [0.2, 0.25) is 11.8 Å². The molecule has 6 atom stereocenters. The topological polar surface area (TPSA) is 178 Å². The molecule has 15 nitrogen and oxygen atoms in total. The highest BCUT2D eigenvalue weighted by Crippen LogP contribution is 2.57. The predicted octanol–water partition coefficient (Wildman–Crippen LogP) is 7.68. The maximum Gasteiger partial charge on any atom is 0.407 e. The van der Waals surface area contributed by atoms with Gasteiger partial charge in [0, 0.05) is 25.2 Å². The van der Waals surface area contributed by atoms with Crippen LogP contribution in [0.3, 0.4) is 0 Å². The zero-order valence-electron chi connectivity index (χ0n) is 36.6. The highest BCUT2D eigenvalue weighted by Gasteiger charge is 2.45. The van der Waals surface area contributed by atoms with Crippen LogP contribution in [-0.4, -0.2) is 105 Å². The number of hydrogen-bond donors (Lipinski definition) is 4. The average Bonchev–Trinajstić information content (AvgIpc) is 4.14. The molecule has 0 aliphatic carbocycles. The number of carbonyl (C=O) groups is 4. The summed E-state index contributed by atoms with van der Waals surface area (Å²) < 4.78 is 9.63. The molecule has 62 heavy (non-hydrogen) atoms. The van der Waals surface area contributed by atoms with Crippen molar-refractivity contribution in [2.75, 3.05) is 34.4 Å². The highest BCUT2D eigenvalue weighted by atomic mass is 16.5. The normalized spacial score (nSPS) is 21.9. The summed E-state index contributed by atoms with van der Waals surface area (Å²) in [7, 11) is 4.84. The van der Waals surface area contributed by atoms with Gasteiger partial charge in [-0.1, -0.05) is 52.0 Å². The lowest BCUT2D eigenvalue weighted by atomic mass is 9.81. The number of carbonyl (C=O) groups excluding carboxylic acids is 4. The lowest BCUT2D eigenvalue weighted by molar-refractivity contribution is -0.136. The molecular weight excluding hydrogens is 787 g/mol. The van der Waals surface area contributed by atoms with Gasteiger partial charge in [0.15, 0.2) is 0 Å². The summed E-state index contributed by atoms with van der Waals surface area (Å²) in [4.78, 5) is 75.2. The number of amides is 4. The van der Waals surface area contributed by atoms with E-state index in [1.165, 1.54) is 36.5 Å². The molecule has 15 heteroatoms. The van der Waals surface area contributed by atoms with Crippen molar-refractivity contribution in [1.29, 1.82) is 0 Å². The van der Waals surface area contributed by atoms with Crippen LogP contribution in [0.2, 0.25) is 0 Å². The second kappa shape index (κ2) is 16.4. The van der Waals surface area contributed by atoms with E-state index < -0.39 is 24.3 Å². The van der Waals surface area contributed by atoms with E-state index in [2.05, 4.69) is 81.1 Å². The van der Waals surface area contributed by atoms with Crippen molar-refractivity contribution in [3.8, 4) is 22.3 Å². The molecular formula is C47H57N9O6. The summed E-state index contributed by atoms with van der Waals surface area (Å²) in [6.07, 6.45) is 4.22. The molecule has 2 unspecified atom stereocenters. The van der Waals surface area contributed by atoms with E-state index in [9.17, 15) is 19.2 Å². The molecule has 4 N–H and O–H groups in total. The monoisotopic (exact) mass is 843 g/mol. The van der Waals surface area contributed by atoms with Crippen LogP contribution in [-0.2, 0) is 19.1 Å². The van der Waals surface area contributed by atoms with Gasteiger partial charge in [0.25, 0.3) is 0 Å². The summed E-state index contributed by atoms with van der Waals surface area (Å²) in [6.45, 7) is 8.86. The van der Waals surface area contributed by atoms with Gasteiger partial charge in [-0.05, 0) is 115 Å². The van der Waals surface area contributed by atoms with E-state index in [1.807, 2.05) is 37.5 Å². The van der Waals surface area contributed by atoms with Crippen LogP contribution in [0.25, 0.3) is 44.3 Å². The molecule has 4 aliphatic rings. The molecule has 0 saturated carbocycles. The Kier molecular flexibility index (Phi) is 10.9. The fraction of sp³-hybridized carbons (Fsp3) is 0.489. The molecule has 326 valence electrons. The maximum absolute atomic E-state index is 13.8. The molecule has 3 saturated heterocycles. The average molecular weight is 844 g/mol. The fourth-order valence-corrected chi connectivity index (χ4v) is 10.6. The van der Waals surface area contributed by atoms with Crippen molar-refractivity contribution >= 4 is 46.1 Å². The van der Waals surface area contributed by atoms with Crippen molar-refractivity contribution in [1.82, 2.24) is 45.3 Å². The minimum atomic E-state index is -0.696. The molecule has 2 aromatic heterocycles. The van der Waals surface area contributed by atoms with Crippen LogP contribution in [0, 0.1) is 11.8 Å². The van der Waals surface area contributed by atoms with Crippen LogP contribution in [0.1, 0.15) is 113 Å². The van der Waals surface area contributed by atoms with Gasteiger partial charge >= 0.3 is 12.2 Å². The first-order chi connectivity index (χ1) is 29.9. The molecule has 6 heterocycles. The number of likely N-dealkylation sites (tertiary alicyclic amines) is 2. The number of methoxy groups -OCH3 is 2. The molecule has 5 aromatic rings. The van der Waals surface area contributed by atoms with Gasteiger partial charge in [-0.15, -0.1) is 0 Å². The molecule has 3 fully saturated rings. The summed E-state index contributed by atoms with van der Waals surface area (Å²) in [5, 5.41) is 5.47. The van der Waals surface area contributed by atoms with E-state index >= 15 is 0 Å². The van der Waals surface area contributed by atoms with Crippen LogP contribution in [0.4, 0.5) is 9.59 Å². The van der Waals surface area contributed by atoms with Gasteiger partial charge in [0.05, 0.1) is 48.4 Å². The Morgan fingerprint density at radius 1 is 0.629 bits per heavy atom. The third-order valence-corrected chi connectivity index (χ3v) is 13.8. The van der Waals surface area contributed by atoms with Gasteiger partial charge in [-0.25, -0.2) is 19.6 Å². The highest BCUT2D eigenvalue weighted by molar-refractivity contribution is 5.90. The summed E-state index contributed by atoms with van der Waals surface area (Å²) in [5.74, 6) is 1.02. The van der Waals surface area contributed by atoms with Crippen LogP contribution in [0.5, 0.6) is 0 Å². The second-order valence-corrected chi connectivity index (χ2v) is 18.1. The second-order valence-electron chi connectivity index (χ2n) is 18.1. The number of imidazole rings is 2. The summed E-state index contributed by atoms with van der Waals surface area (Å²) >= 11 is 0. The van der Waals surface area contributed by atoms with E-state index in [1.54, 1.807) is 0 Å². The van der Waals surface area contributed by atoms with Gasteiger partial charge in [-0.3, -0.25) is 14.5 Å². The zero-order valence-corrected chi connectivity index (χ0v) is 36.6. The Morgan fingerprint density at radius 3 is 1.44 bits per heavy atom. The van der Waals surface area contributed by atoms with Crippen molar-refractivity contribution in [3.63, 3.8) is 0 Å². The maximum atomic E-state index is 13.8. The molecule has 3 aromatic carbocycles. The fourth-order valence-electron chi connectivity index (χ4n) is 10.6. The van der Waals surface area contributed by atoms with Gasteiger partial charge < -0.3 is 39.9 Å². The molecule has 4 aliphatic heterocycles. The van der Waals surface area contributed by atoms with Crippen molar-refractivity contribution < 1.29 is 28.7 Å². The number of hydrogen-bond acceptors (Lipinski definition) is 9. The summed E-state index contributed by atoms with van der Waals surface area (Å²) in [5.41, 5.74) is 10.9. The molecule has 2 bridgehead atoms. The van der Waals surface area contributed by atoms with Gasteiger partial charge in [0.1, 0.15) is 23.7 Å². The van der Waals surface area contributed by atoms with E-state index in [0.717, 1.165) is 83.4 Å². The SMILES string of the molecule is COC(=O)N[C@H](C(=O)N1CCC[C@H]1c1nc2ccc(-c3ccc(-c4ccc5nc([C@@H]6CCCN6C(=O)[C@@H](NC(=O)OC)C(C)C)[nH]c5c4)c4c3C3CCC4N3C)cc2[nH]1)C(C)C. The zero-order chi connectivity index (χ0) is 43.6. The van der Waals surface area contributed by atoms with Crippen molar-refractivity contribution in [3.05, 3.63) is 71.3 Å². The third kappa shape index (κ3) is 7.13. The molecule has 4 amide bonds. The van der Waals surface area contributed by atoms with E-state index in [0.29, 0.717) is 25.2 Å². The molecule has 0 radical (unpaired) electrons. The largest absolute Gasteiger partial charge is 0.453 e. The number of ether oxygens (including phenoxy) is 2. The Bertz CT molecular complexity index is 2390. The first-order valence-electron chi connectivity index (χ1n) is 22.1. The standard InChI is InChI=1S/C47H57N9O6/c1-24(2)40(52-46(59)61-6)44(57)55-20-8-10-36(55)42-48-30-16-12-26(22-32(30)50-42)28-14-15-29(39-35-19-18-34(38(28)39)54(35)5)27-13-17-31-33(23-27)51-43(49-31)37-11-9-21-56(37)45(58)41(25(3)4)53-47(60)62-7/h12-17,22-25,34-37,40-41H,8-11,18-21H2,1-7H3,(H,48,50)(H,49,51)(H,52,59)(H,53,60)/t34?,35?,36-,37-,40-,41-/m0/s1. The van der Waals surface area contributed by atoms with E-state index in [-0.39, 0.29) is 35.7 Å². The minimum Gasteiger partial charge on any atom is -0.453 e. The molecule has 0 spiro atoms. The Hall–Kier alpha value is -5.96. The quantitative estimate of drug-likeness (QED) is 0.110. The first kappa shape index (κ1) is 41.4. The summed E-state index contributed by atoms with van der Waals surface area (Å²) in [6, 6.07) is 16.1. The van der Waals surface area contributed by atoms with Crippen molar-refractivity contribution in [2.24, 2.45) is 11.8 Å². The number of H-pyrrole nitrogens is 2. The van der Waals surface area contributed by atoms with Crippen molar-refractivity contribution in [2.45, 2.75) is 102 Å². The third-order valence-electron chi connectivity index (χ3n) is 13.8. The minimum absolute atomic E-state index is 0.112. The number of nitrogens with one attached hydrogen (secondary N) is 4. The number of aromatic nitrogens is 4. The van der Waals surface area contributed by atoms with Crippen LogP contribution >= 0.6 is 0 Å². The van der Waals surface area contributed by atoms with Gasteiger partial charge in [-0.2, -0.15) is 0 Å². The number of aromatic amines is 2. The lowest BCUT2D eigenvalue weighted by Crippen LogP contribution is -2.51. The number of benzene rings is 3. The number of fused-ring (bicyclic) bond motifs is 7.